The second-order valence-electron chi connectivity index (χ2n) is 3.29. The average molecular weight is 264 g/mol. The van der Waals surface area contributed by atoms with Crippen LogP contribution in [0.1, 0.15) is 6.42 Å². The fourth-order valence-electron chi connectivity index (χ4n) is 1.08. The standard InChI is InChI=1S/C9H8BrF2NO/c10-7-1-2-8(13-4-7)14-5-6-3-9(6,11)12/h1-2,4,6H,3,5H2/t6-/m1/s1. The predicted molar refractivity (Wildman–Crippen MR) is 50.5 cm³/mol. The van der Waals surface area contributed by atoms with Gasteiger partial charge in [-0.25, -0.2) is 13.8 Å². The van der Waals surface area contributed by atoms with E-state index in [-0.39, 0.29) is 13.0 Å². The van der Waals surface area contributed by atoms with E-state index in [2.05, 4.69) is 20.9 Å². The van der Waals surface area contributed by atoms with Gasteiger partial charge in [0.05, 0.1) is 12.5 Å². The lowest BCUT2D eigenvalue weighted by Gasteiger charge is -2.03. The van der Waals surface area contributed by atoms with Gasteiger partial charge in [0.2, 0.25) is 5.88 Å². The molecule has 0 saturated heterocycles. The number of halogens is 3. The van der Waals surface area contributed by atoms with E-state index < -0.39 is 11.8 Å². The Morgan fingerprint density at radius 3 is 2.79 bits per heavy atom. The topological polar surface area (TPSA) is 22.1 Å². The fraction of sp³-hybridized carbons (Fsp3) is 0.444. The second-order valence-corrected chi connectivity index (χ2v) is 4.20. The smallest absolute Gasteiger partial charge is 0.255 e. The first kappa shape index (κ1) is 9.83. The summed E-state index contributed by atoms with van der Waals surface area (Å²) in [6, 6.07) is 3.40. The van der Waals surface area contributed by atoms with Crippen LogP contribution in [0, 0.1) is 5.92 Å². The molecule has 0 unspecified atom stereocenters. The molecule has 0 aliphatic heterocycles. The van der Waals surface area contributed by atoms with E-state index in [1.54, 1.807) is 18.3 Å². The van der Waals surface area contributed by atoms with Crippen molar-refractivity contribution < 1.29 is 13.5 Å². The third-order valence-corrected chi connectivity index (χ3v) is 2.56. The van der Waals surface area contributed by atoms with Crippen molar-refractivity contribution in [2.75, 3.05) is 6.61 Å². The Morgan fingerprint density at radius 1 is 1.57 bits per heavy atom. The van der Waals surface area contributed by atoms with Crippen LogP contribution in [-0.4, -0.2) is 17.5 Å². The van der Waals surface area contributed by atoms with Gasteiger partial charge in [-0.3, -0.25) is 0 Å². The van der Waals surface area contributed by atoms with Crippen LogP contribution in [0.2, 0.25) is 0 Å². The van der Waals surface area contributed by atoms with Crippen molar-refractivity contribution in [3.63, 3.8) is 0 Å². The van der Waals surface area contributed by atoms with Gasteiger partial charge in [-0.1, -0.05) is 0 Å². The molecule has 1 fully saturated rings. The summed E-state index contributed by atoms with van der Waals surface area (Å²) in [5, 5.41) is 0. The van der Waals surface area contributed by atoms with Gasteiger partial charge >= 0.3 is 0 Å². The number of aromatic nitrogens is 1. The zero-order chi connectivity index (χ0) is 10.2. The Bertz CT molecular complexity index is 328. The maximum absolute atomic E-state index is 12.5. The van der Waals surface area contributed by atoms with E-state index >= 15 is 0 Å². The summed E-state index contributed by atoms with van der Waals surface area (Å²) in [5.74, 6) is -2.76. The third kappa shape index (κ3) is 2.20. The molecule has 76 valence electrons. The van der Waals surface area contributed by atoms with Crippen molar-refractivity contribution in [3.8, 4) is 5.88 Å². The van der Waals surface area contributed by atoms with Crippen molar-refractivity contribution in [1.82, 2.24) is 4.98 Å². The minimum atomic E-state index is -2.52. The molecule has 14 heavy (non-hydrogen) atoms. The van der Waals surface area contributed by atoms with Crippen LogP contribution < -0.4 is 4.74 Å². The third-order valence-electron chi connectivity index (χ3n) is 2.09. The molecule has 1 aromatic rings. The molecule has 0 aromatic carbocycles. The summed E-state index contributed by atoms with van der Waals surface area (Å²) >= 11 is 3.22. The number of alkyl halides is 2. The lowest BCUT2D eigenvalue weighted by Crippen LogP contribution is -2.06. The summed E-state index contributed by atoms with van der Waals surface area (Å²) in [6.45, 7) is 0.0433. The Kier molecular flexibility index (Phi) is 2.43. The number of pyridine rings is 1. The van der Waals surface area contributed by atoms with Crippen molar-refractivity contribution in [1.29, 1.82) is 0 Å². The Hall–Kier alpha value is -0.710. The lowest BCUT2D eigenvalue weighted by molar-refractivity contribution is 0.0849. The van der Waals surface area contributed by atoms with E-state index in [1.807, 2.05) is 0 Å². The first-order chi connectivity index (χ1) is 6.58. The van der Waals surface area contributed by atoms with E-state index in [4.69, 9.17) is 4.74 Å². The number of ether oxygens (including phenoxy) is 1. The molecule has 2 rings (SSSR count). The molecule has 0 amide bonds. The van der Waals surface area contributed by atoms with E-state index in [9.17, 15) is 8.78 Å². The second kappa shape index (κ2) is 3.46. The fourth-order valence-corrected chi connectivity index (χ4v) is 1.32. The van der Waals surface area contributed by atoms with Crippen molar-refractivity contribution in [2.24, 2.45) is 5.92 Å². The highest BCUT2D eigenvalue weighted by molar-refractivity contribution is 9.10. The molecule has 0 bridgehead atoms. The van der Waals surface area contributed by atoms with Crippen LogP contribution >= 0.6 is 15.9 Å². The first-order valence-electron chi connectivity index (χ1n) is 4.20. The van der Waals surface area contributed by atoms with Crippen LogP contribution in [0.15, 0.2) is 22.8 Å². The molecular formula is C9H8BrF2NO. The Labute approximate surface area is 88.4 Å². The normalized spacial score (nSPS) is 23.2. The van der Waals surface area contributed by atoms with Gasteiger partial charge in [0, 0.05) is 23.2 Å². The molecule has 1 heterocycles. The largest absolute Gasteiger partial charge is 0.477 e. The molecule has 1 saturated carbocycles. The molecule has 0 radical (unpaired) electrons. The average Bonchev–Trinajstić information content (AvgIpc) is 2.73. The van der Waals surface area contributed by atoms with Crippen LogP contribution in [0.25, 0.3) is 0 Å². The minimum Gasteiger partial charge on any atom is -0.477 e. The van der Waals surface area contributed by atoms with E-state index in [0.29, 0.717) is 5.88 Å². The zero-order valence-corrected chi connectivity index (χ0v) is 8.80. The monoisotopic (exact) mass is 263 g/mol. The highest BCUT2D eigenvalue weighted by Crippen LogP contribution is 2.48. The van der Waals surface area contributed by atoms with Gasteiger partial charge in [0.15, 0.2) is 0 Å². The van der Waals surface area contributed by atoms with Gasteiger partial charge in [-0.05, 0) is 22.0 Å². The molecule has 2 nitrogen and oxygen atoms in total. The number of hydrogen-bond donors (Lipinski definition) is 0. The number of hydrogen-bond acceptors (Lipinski definition) is 2. The predicted octanol–water partition coefficient (Wildman–Crippen LogP) is 2.88. The van der Waals surface area contributed by atoms with E-state index in [0.717, 1.165) is 4.47 Å². The van der Waals surface area contributed by atoms with Crippen LogP contribution in [0.4, 0.5) is 8.78 Å². The van der Waals surface area contributed by atoms with Crippen molar-refractivity contribution >= 4 is 15.9 Å². The number of nitrogens with zero attached hydrogens (tertiary/aromatic N) is 1. The summed E-state index contributed by atoms with van der Waals surface area (Å²) in [7, 11) is 0. The molecule has 0 spiro atoms. The van der Waals surface area contributed by atoms with Crippen LogP contribution in [0.3, 0.4) is 0 Å². The zero-order valence-electron chi connectivity index (χ0n) is 7.21. The van der Waals surface area contributed by atoms with Crippen molar-refractivity contribution in [2.45, 2.75) is 12.3 Å². The molecule has 1 aliphatic carbocycles. The van der Waals surface area contributed by atoms with Gasteiger partial charge in [0.25, 0.3) is 5.92 Å². The molecule has 5 heteroatoms. The summed E-state index contributed by atoms with van der Waals surface area (Å²) in [5.41, 5.74) is 0. The summed E-state index contributed by atoms with van der Waals surface area (Å²) in [4.78, 5) is 3.91. The molecule has 0 N–H and O–H groups in total. The van der Waals surface area contributed by atoms with Gasteiger partial charge in [0.1, 0.15) is 0 Å². The first-order valence-corrected chi connectivity index (χ1v) is 4.99. The van der Waals surface area contributed by atoms with Gasteiger partial charge in [-0.2, -0.15) is 0 Å². The Balaban J connectivity index is 1.84. The number of rotatable bonds is 3. The van der Waals surface area contributed by atoms with E-state index in [1.165, 1.54) is 0 Å². The SMILES string of the molecule is FC1(F)C[C@@H]1COc1ccc(Br)cn1. The molecule has 1 atom stereocenters. The lowest BCUT2D eigenvalue weighted by atomic mass is 10.4. The maximum Gasteiger partial charge on any atom is 0.255 e. The Morgan fingerprint density at radius 2 is 2.29 bits per heavy atom. The van der Waals surface area contributed by atoms with Crippen molar-refractivity contribution in [3.05, 3.63) is 22.8 Å². The summed E-state index contributed by atoms with van der Waals surface area (Å²) in [6.07, 6.45) is 1.50. The summed E-state index contributed by atoms with van der Waals surface area (Å²) < 4.78 is 30.9. The highest BCUT2D eigenvalue weighted by Gasteiger charge is 2.57. The minimum absolute atomic E-state index is 0.0433. The quantitative estimate of drug-likeness (QED) is 0.837. The maximum atomic E-state index is 12.5. The molecular weight excluding hydrogens is 256 g/mol. The van der Waals surface area contributed by atoms with Crippen LogP contribution in [0.5, 0.6) is 5.88 Å². The molecule has 1 aliphatic rings. The van der Waals surface area contributed by atoms with Gasteiger partial charge in [-0.15, -0.1) is 0 Å². The highest BCUT2D eigenvalue weighted by atomic mass is 79.9. The van der Waals surface area contributed by atoms with Gasteiger partial charge < -0.3 is 4.74 Å². The van der Waals surface area contributed by atoms with Crippen LogP contribution in [-0.2, 0) is 0 Å². The molecule has 1 aromatic heterocycles.